The number of hydrogen-bond acceptors (Lipinski definition) is 3. The Kier molecular flexibility index (Phi) is 3.79. The Morgan fingerprint density at radius 3 is 2.80 bits per heavy atom. The number of rotatable bonds is 1. The van der Waals surface area contributed by atoms with Crippen LogP contribution in [0.5, 0.6) is 5.75 Å². The van der Waals surface area contributed by atoms with Gasteiger partial charge in [0, 0.05) is 12.3 Å². The summed E-state index contributed by atoms with van der Waals surface area (Å²) in [6.45, 7) is 1.31. The summed E-state index contributed by atoms with van der Waals surface area (Å²) in [6.07, 6.45) is 1.37. The molecular weight excluding hydrogens is 205 g/mol. The SMILES string of the molecule is CC(=O)On1cc(O)c2ccccc21.[H-].[Na+]. The van der Waals surface area contributed by atoms with Crippen LogP contribution in [-0.4, -0.2) is 15.8 Å². The van der Waals surface area contributed by atoms with Gasteiger partial charge in [0.15, 0.2) is 0 Å². The molecule has 0 atom stereocenters. The molecule has 5 heteroatoms. The van der Waals surface area contributed by atoms with Gasteiger partial charge in [-0.15, -0.1) is 0 Å². The van der Waals surface area contributed by atoms with E-state index in [2.05, 4.69) is 0 Å². The van der Waals surface area contributed by atoms with Crippen molar-refractivity contribution in [2.24, 2.45) is 0 Å². The van der Waals surface area contributed by atoms with Gasteiger partial charge in [-0.1, -0.05) is 12.1 Å². The van der Waals surface area contributed by atoms with Crippen LogP contribution in [0.4, 0.5) is 0 Å². The zero-order valence-electron chi connectivity index (χ0n) is 9.60. The van der Waals surface area contributed by atoms with E-state index >= 15 is 0 Å². The van der Waals surface area contributed by atoms with Gasteiger partial charge in [0.25, 0.3) is 0 Å². The van der Waals surface area contributed by atoms with Crippen molar-refractivity contribution < 1.29 is 45.7 Å². The van der Waals surface area contributed by atoms with Crippen LogP contribution in [0.25, 0.3) is 10.9 Å². The first-order valence-electron chi connectivity index (χ1n) is 4.16. The van der Waals surface area contributed by atoms with Crippen molar-refractivity contribution in [1.82, 2.24) is 4.73 Å². The van der Waals surface area contributed by atoms with Crippen molar-refractivity contribution in [3.8, 4) is 5.75 Å². The van der Waals surface area contributed by atoms with Crippen molar-refractivity contribution in [2.75, 3.05) is 0 Å². The van der Waals surface area contributed by atoms with Crippen LogP contribution in [0.1, 0.15) is 8.35 Å². The van der Waals surface area contributed by atoms with Gasteiger partial charge in [0.1, 0.15) is 5.75 Å². The van der Waals surface area contributed by atoms with E-state index in [0.717, 1.165) is 0 Å². The minimum absolute atomic E-state index is 0. The van der Waals surface area contributed by atoms with Crippen molar-refractivity contribution in [3.05, 3.63) is 30.5 Å². The van der Waals surface area contributed by atoms with E-state index in [0.29, 0.717) is 10.9 Å². The minimum Gasteiger partial charge on any atom is -1.00 e. The molecule has 2 aromatic rings. The number of aromatic hydroxyl groups is 1. The maximum absolute atomic E-state index is 10.7. The first-order valence-corrected chi connectivity index (χ1v) is 4.16. The molecule has 0 saturated heterocycles. The summed E-state index contributed by atoms with van der Waals surface area (Å²) >= 11 is 0. The average Bonchev–Trinajstić information content (AvgIpc) is 2.44. The summed E-state index contributed by atoms with van der Waals surface area (Å²) in [6, 6.07) is 7.13. The normalized spacial score (nSPS) is 9.67. The molecular formula is C10H10NNaO3. The summed E-state index contributed by atoms with van der Waals surface area (Å²) in [5.74, 6) is -0.326. The van der Waals surface area contributed by atoms with E-state index in [1.165, 1.54) is 17.9 Å². The van der Waals surface area contributed by atoms with Gasteiger partial charge in [-0.2, -0.15) is 4.73 Å². The Hall–Kier alpha value is -0.970. The van der Waals surface area contributed by atoms with E-state index < -0.39 is 5.97 Å². The predicted molar refractivity (Wildman–Crippen MR) is 52.0 cm³/mol. The second-order valence-electron chi connectivity index (χ2n) is 2.94. The Labute approximate surface area is 110 Å². The van der Waals surface area contributed by atoms with Gasteiger partial charge in [0.05, 0.1) is 11.7 Å². The van der Waals surface area contributed by atoms with Crippen LogP contribution in [0, 0.1) is 0 Å². The second kappa shape index (κ2) is 4.70. The number of aromatic nitrogens is 1. The summed E-state index contributed by atoms with van der Waals surface area (Å²) in [7, 11) is 0. The molecule has 0 unspecified atom stereocenters. The quantitative estimate of drug-likeness (QED) is 0.585. The van der Waals surface area contributed by atoms with Crippen LogP contribution < -0.4 is 34.4 Å². The molecule has 4 nitrogen and oxygen atoms in total. The Morgan fingerprint density at radius 1 is 1.47 bits per heavy atom. The number of carbonyl (C=O) groups excluding carboxylic acids is 1. The summed E-state index contributed by atoms with van der Waals surface area (Å²) in [4.78, 5) is 15.6. The van der Waals surface area contributed by atoms with Crippen molar-refractivity contribution >= 4 is 16.9 Å². The van der Waals surface area contributed by atoms with Crippen LogP contribution in [0.3, 0.4) is 0 Å². The van der Waals surface area contributed by atoms with Gasteiger partial charge in [-0.05, 0) is 12.1 Å². The van der Waals surface area contributed by atoms with Gasteiger partial charge in [0.2, 0.25) is 0 Å². The summed E-state index contributed by atoms with van der Waals surface area (Å²) in [5, 5.41) is 10.2. The number of para-hydroxylation sites is 1. The second-order valence-corrected chi connectivity index (χ2v) is 2.94. The van der Waals surface area contributed by atoms with Gasteiger partial charge >= 0.3 is 35.5 Å². The fourth-order valence-corrected chi connectivity index (χ4v) is 1.35. The van der Waals surface area contributed by atoms with Crippen molar-refractivity contribution in [2.45, 2.75) is 6.92 Å². The number of hydrogen-bond donors (Lipinski definition) is 1. The number of fused-ring (bicyclic) bond motifs is 1. The standard InChI is InChI=1S/C10H9NO3.Na.H/c1-7(12)14-11-6-10(13)8-4-2-3-5-9(8)11;;/h2-6,13H,1H3;;/q;+1;-1. The Morgan fingerprint density at radius 2 is 2.13 bits per heavy atom. The maximum Gasteiger partial charge on any atom is 1.00 e. The number of nitrogens with zero attached hydrogens (tertiary/aromatic N) is 1. The molecule has 0 aliphatic rings. The Balaban J connectivity index is 0.00000112. The number of benzene rings is 1. The van der Waals surface area contributed by atoms with E-state index in [9.17, 15) is 9.90 Å². The molecule has 0 aliphatic carbocycles. The third-order valence-electron chi connectivity index (χ3n) is 1.88. The first kappa shape index (κ1) is 12.1. The van der Waals surface area contributed by atoms with E-state index in [4.69, 9.17) is 4.84 Å². The monoisotopic (exact) mass is 215 g/mol. The Bertz CT molecular complexity index is 498. The molecule has 74 valence electrons. The fraction of sp³-hybridized carbons (Fsp3) is 0.100. The van der Waals surface area contributed by atoms with Gasteiger partial charge < -0.3 is 11.4 Å². The molecule has 2 rings (SSSR count). The third kappa shape index (κ3) is 2.34. The molecule has 0 aliphatic heterocycles. The molecule has 15 heavy (non-hydrogen) atoms. The maximum atomic E-state index is 10.7. The zero-order chi connectivity index (χ0) is 10.1. The molecule has 0 fully saturated rings. The first-order chi connectivity index (χ1) is 6.68. The van der Waals surface area contributed by atoms with Gasteiger partial charge in [-0.25, -0.2) is 4.79 Å². The molecule has 0 radical (unpaired) electrons. The van der Waals surface area contributed by atoms with Crippen molar-refractivity contribution in [1.29, 1.82) is 0 Å². The fourth-order valence-electron chi connectivity index (χ4n) is 1.35. The summed E-state index contributed by atoms with van der Waals surface area (Å²) < 4.78 is 1.26. The van der Waals surface area contributed by atoms with Crippen LogP contribution >= 0.6 is 0 Å². The van der Waals surface area contributed by atoms with Gasteiger partial charge in [-0.3, -0.25) is 0 Å². The molecule has 0 amide bonds. The zero-order valence-corrected chi connectivity index (χ0v) is 10.6. The average molecular weight is 215 g/mol. The van der Waals surface area contributed by atoms with Crippen LogP contribution in [0.15, 0.2) is 30.5 Å². The predicted octanol–water partition coefficient (Wildman–Crippen LogP) is -1.56. The molecule has 1 N–H and O–H groups in total. The molecule has 0 bridgehead atoms. The summed E-state index contributed by atoms with van der Waals surface area (Å²) in [5.41, 5.74) is 0.667. The molecule has 1 heterocycles. The van der Waals surface area contributed by atoms with E-state index in [-0.39, 0.29) is 36.7 Å². The minimum atomic E-state index is -0.425. The van der Waals surface area contributed by atoms with Crippen molar-refractivity contribution in [3.63, 3.8) is 0 Å². The molecule has 0 saturated carbocycles. The van der Waals surface area contributed by atoms with Crippen LogP contribution in [0.2, 0.25) is 0 Å². The van der Waals surface area contributed by atoms with E-state index in [1.54, 1.807) is 18.2 Å². The molecule has 1 aromatic carbocycles. The molecule has 0 spiro atoms. The number of carbonyl (C=O) groups is 1. The van der Waals surface area contributed by atoms with Crippen LogP contribution in [-0.2, 0) is 4.79 Å². The molecule has 1 aromatic heterocycles. The van der Waals surface area contributed by atoms with E-state index in [1.807, 2.05) is 6.07 Å². The topological polar surface area (TPSA) is 51.5 Å². The third-order valence-corrected chi connectivity index (χ3v) is 1.88. The smallest absolute Gasteiger partial charge is 1.00 e. The largest absolute Gasteiger partial charge is 1.00 e.